The highest BCUT2D eigenvalue weighted by atomic mass is 19.1. The van der Waals surface area contributed by atoms with E-state index in [9.17, 15) is 19.1 Å². The maximum absolute atomic E-state index is 14.5. The van der Waals surface area contributed by atoms with Gasteiger partial charge in [0.1, 0.15) is 18.2 Å². The molecule has 0 spiro atoms. The van der Waals surface area contributed by atoms with Crippen molar-refractivity contribution >= 4 is 28.8 Å². The molecule has 1 atom stereocenters. The van der Waals surface area contributed by atoms with E-state index >= 15 is 0 Å². The van der Waals surface area contributed by atoms with Crippen LogP contribution in [-0.4, -0.2) is 81.0 Å². The fourth-order valence-electron chi connectivity index (χ4n) is 4.34. The van der Waals surface area contributed by atoms with Crippen LogP contribution in [0.1, 0.15) is 40.3 Å². The van der Waals surface area contributed by atoms with Gasteiger partial charge in [-0.1, -0.05) is 6.07 Å². The Balaban J connectivity index is 1.48. The van der Waals surface area contributed by atoms with Gasteiger partial charge in [0, 0.05) is 25.2 Å². The Labute approximate surface area is 201 Å². The normalized spacial score (nSPS) is 17.1. The van der Waals surface area contributed by atoms with Gasteiger partial charge in [-0.05, 0) is 43.7 Å². The summed E-state index contributed by atoms with van der Waals surface area (Å²) in [7, 11) is 0. The lowest BCUT2D eigenvalue weighted by Crippen LogP contribution is -2.42. The van der Waals surface area contributed by atoms with Crippen molar-refractivity contribution in [3.8, 4) is 0 Å². The van der Waals surface area contributed by atoms with Gasteiger partial charge in [0.2, 0.25) is 0 Å². The van der Waals surface area contributed by atoms with Crippen LogP contribution in [0.4, 0.5) is 15.8 Å². The molecular weight excluding hydrogens is 455 g/mol. The predicted molar refractivity (Wildman–Crippen MR) is 126 cm³/mol. The van der Waals surface area contributed by atoms with Crippen molar-refractivity contribution in [1.29, 1.82) is 0 Å². The number of pyridine rings is 1. The minimum Gasteiger partial charge on any atom is -0.387 e. The third-order valence-corrected chi connectivity index (χ3v) is 6.38. The lowest BCUT2D eigenvalue weighted by Gasteiger charge is -2.31. The number of fused-ring (bicyclic) bond motifs is 2. The molecule has 2 aromatic heterocycles. The van der Waals surface area contributed by atoms with Crippen molar-refractivity contribution in [3.05, 3.63) is 53.5 Å². The van der Waals surface area contributed by atoms with E-state index < -0.39 is 11.8 Å². The van der Waals surface area contributed by atoms with Crippen LogP contribution in [-0.2, 0) is 11.3 Å². The van der Waals surface area contributed by atoms with E-state index in [1.807, 2.05) is 0 Å². The van der Waals surface area contributed by atoms with Gasteiger partial charge in [-0.15, -0.1) is 0 Å². The molecule has 5 rings (SSSR count). The quantitative estimate of drug-likeness (QED) is 0.552. The molecule has 2 amide bonds. The summed E-state index contributed by atoms with van der Waals surface area (Å²) in [6.45, 7) is 4.98. The SMILES string of the molecule is CC(C)(O)C(F)CN1Cc2cc(NC(=O)c3cccc4ncnn34)c(N3CCOCC3)cc2C1=O. The molecule has 1 unspecified atom stereocenters. The number of nitrogens with one attached hydrogen (secondary N) is 1. The molecule has 35 heavy (non-hydrogen) atoms. The molecule has 2 aliphatic rings. The number of aliphatic hydroxyl groups is 1. The van der Waals surface area contributed by atoms with Crippen LogP contribution >= 0.6 is 0 Å². The first-order chi connectivity index (χ1) is 16.7. The Morgan fingerprint density at radius 2 is 2.06 bits per heavy atom. The lowest BCUT2D eigenvalue weighted by atomic mass is 10.0. The zero-order chi connectivity index (χ0) is 24.7. The van der Waals surface area contributed by atoms with E-state index in [4.69, 9.17) is 4.74 Å². The number of nitrogens with zero attached hydrogens (tertiary/aromatic N) is 5. The molecule has 3 aromatic rings. The fourth-order valence-corrected chi connectivity index (χ4v) is 4.34. The fraction of sp³-hybridized carbons (Fsp3) is 0.417. The van der Waals surface area contributed by atoms with E-state index in [1.54, 1.807) is 30.3 Å². The van der Waals surface area contributed by atoms with Gasteiger partial charge in [-0.2, -0.15) is 5.10 Å². The molecule has 1 aromatic carbocycles. The first-order valence-electron chi connectivity index (χ1n) is 11.5. The molecule has 0 bridgehead atoms. The molecular formula is C24H27FN6O4. The molecule has 2 N–H and O–H groups in total. The molecule has 2 aliphatic heterocycles. The van der Waals surface area contributed by atoms with Gasteiger partial charge in [-0.3, -0.25) is 9.59 Å². The van der Waals surface area contributed by atoms with Crippen LogP contribution < -0.4 is 10.2 Å². The van der Waals surface area contributed by atoms with Crippen molar-refractivity contribution in [3.63, 3.8) is 0 Å². The second kappa shape index (κ2) is 8.90. The van der Waals surface area contributed by atoms with E-state index in [-0.39, 0.29) is 24.9 Å². The summed E-state index contributed by atoms with van der Waals surface area (Å²) < 4.78 is 21.5. The van der Waals surface area contributed by atoms with Gasteiger partial charge < -0.3 is 25.0 Å². The highest BCUT2D eigenvalue weighted by Gasteiger charge is 2.35. The van der Waals surface area contributed by atoms with Gasteiger partial charge in [0.15, 0.2) is 5.65 Å². The summed E-state index contributed by atoms with van der Waals surface area (Å²) in [6.07, 6.45) is -0.214. The molecule has 0 radical (unpaired) electrons. The molecule has 184 valence electrons. The van der Waals surface area contributed by atoms with Crippen LogP contribution in [0.5, 0.6) is 0 Å². The van der Waals surface area contributed by atoms with Crippen molar-refractivity contribution in [2.45, 2.75) is 32.2 Å². The molecule has 0 aliphatic carbocycles. The molecule has 10 nitrogen and oxygen atoms in total. The van der Waals surface area contributed by atoms with Crippen molar-refractivity contribution in [2.75, 3.05) is 43.1 Å². The maximum Gasteiger partial charge on any atom is 0.274 e. The number of amides is 2. The molecule has 4 heterocycles. The highest BCUT2D eigenvalue weighted by Crippen LogP contribution is 2.35. The Hall–Kier alpha value is -3.57. The minimum absolute atomic E-state index is 0.190. The predicted octanol–water partition coefficient (Wildman–Crippen LogP) is 1.88. The standard InChI is InChI=1S/C24H27FN6O4/c1-24(2,34)20(25)13-30-12-15-10-17(19(11-16(15)23(30)33)29-6-8-35-9-7-29)28-22(32)18-4-3-5-21-26-14-27-31(18)21/h3-5,10-11,14,20,34H,6-9,12-13H2,1-2H3,(H,28,32). The summed E-state index contributed by atoms with van der Waals surface area (Å²) in [5.74, 6) is -0.672. The van der Waals surface area contributed by atoms with Gasteiger partial charge >= 0.3 is 0 Å². The van der Waals surface area contributed by atoms with E-state index in [1.165, 1.54) is 29.6 Å². The van der Waals surface area contributed by atoms with E-state index in [2.05, 4.69) is 20.3 Å². The average molecular weight is 483 g/mol. The molecule has 0 saturated carbocycles. The number of hydrogen-bond donors (Lipinski definition) is 2. The summed E-state index contributed by atoms with van der Waals surface area (Å²) in [4.78, 5) is 33.9. The molecule has 11 heteroatoms. The van der Waals surface area contributed by atoms with Crippen LogP contribution in [0.15, 0.2) is 36.7 Å². The highest BCUT2D eigenvalue weighted by molar-refractivity contribution is 6.07. The number of aromatic nitrogens is 3. The lowest BCUT2D eigenvalue weighted by molar-refractivity contribution is -0.0159. The summed E-state index contributed by atoms with van der Waals surface area (Å²) in [5, 5.41) is 17.1. The maximum atomic E-state index is 14.5. The van der Waals surface area contributed by atoms with Crippen molar-refractivity contribution in [1.82, 2.24) is 19.5 Å². The molecule has 1 fully saturated rings. The number of anilines is 2. The zero-order valence-corrected chi connectivity index (χ0v) is 19.6. The summed E-state index contributed by atoms with van der Waals surface area (Å²) in [5.41, 5.74) is 1.69. The summed E-state index contributed by atoms with van der Waals surface area (Å²) in [6, 6.07) is 8.67. The Morgan fingerprint density at radius 3 is 2.80 bits per heavy atom. The monoisotopic (exact) mass is 482 g/mol. The average Bonchev–Trinajstić information content (AvgIpc) is 3.43. The summed E-state index contributed by atoms with van der Waals surface area (Å²) >= 11 is 0. The number of carbonyl (C=O) groups excluding carboxylic acids is 2. The van der Waals surface area contributed by atoms with Gasteiger partial charge in [-0.25, -0.2) is 13.9 Å². The number of alkyl halides is 1. The number of carbonyl (C=O) groups is 2. The third-order valence-electron chi connectivity index (χ3n) is 6.38. The molecule has 1 saturated heterocycles. The third kappa shape index (κ3) is 4.44. The number of ether oxygens (including phenoxy) is 1. The topological polar surface area (TPSA) is 112 Å². The van der Waals surface area contributed by atoms with Crippen molar-refractivity contribution in [2.24, 2.45) is 0 Å². The zero-order valence-electron chi connectivity index (χ0n) is 19.6. The second-order valence-electron chi connectivity index (χ2n) is 9.33. The Kier molecular flexibility index (Phi) is 5.89. The van der Waals surface area contributed by atoms with Gasteiger partial charge in [0.25, 0.3) is 11.8 Å². The first-order valence-corrected chi connectivity index (χ1v) is 11.5. The second-order valence-corrected chi connectivity index (χ2v) is 9.33. The number of hydrogen-bond acceptors (Lipinski definition) is 7. The number of morpholine rings is 1. The van der Waals surface area contributed by atoms with Crippen LogP contribution in [0.25, 0.3) is 5.65 Å². The minimum atomic E-state index is -1.60. The van der Waals surface area contributed by atoms with E-state index in [0.29, 0.717) is 60.1 Å². The first kappa shape index (κ1) is 23.2. The number of rotatable bonds is 6. The van der Waals surface area contributed by atoms with E-state index in [0.717, 1.165) is 0 Å². The van der Waals surface area contributed by atoms with Crippen molar-refractivity contribution < 1.29 is 23.8 Å². The Bertz CT molecular complexity index is 1280. The smallest absolute Gasteiger partial charge is 0.274 e. The van der Waals surface area contributed by atoms with Crippen LogP contribution in [0.2, 0.25) is 0 Å². The number of benzene rings is 1. The van der Waals surface area contributed by atoms with Crippen LogP contribution in [0, 0.1) is 0 Å². The largest absolute Gasteiger partial charge is 0.387 e. The van der Waals surface area contributed by atoms with Crippen LogP contribution in [0.3, 0.4) is 0 Å². The Morgan fingerprint density at radius 1 is 1.29 bits per heavy atom. The van der Waals surface area contributed by atoms with Gasteiger partial charge in [0.05, 0.1) is 36.7 Å². The number of halogens is 1.